The maximum Gasteiger partial charge on any atom is 0.241 e. The summed E-state index contributed by atoms with van der Waals surface area (Å²) in [6.45, 7) is 0.888. The Bertz CT molecular complexity index is 1000. The van der Waals surface area contributed by atoms with Gasteiger partial charge in [0.2, 0.25) is 11.8 Å². The molecule has 0 radical (unpaired) electrons. The molecule has 4 rings (SSSR count). The molecule has 8 heteroatoms. The number of amides is 1. The molecule has 154 valence electrons. The fraction of sp³-hybridized carbons (Fsp3) is 0.273. The summed E-state index contributed by atoms with van der Waals surface area (Å²) in [6.07, 6.45) is 6.28. The summed E-state index contributed by atoms with van der Waals surface area (Å²) in [5.74, 6) is 1.20. The highest BCUT2D eigenvalue weighted by molar-refractivity contribution is 5.95. The number of nitrogens with one attached hydrogen (secondary N) is 3. The number of rotatable bonds is 6. The second-order valence-corrected chi connectivity index (χ2v) is 7.08. The zero-order chi connectivity index (χ0) is 20.8. The van der Waals surface area contributed by atoms with Gasteiger partial charge in [-0.3, -0.25) is 4.79 Å². The number of ether oxygens (including phenoxy) is 1. The zero-order valence-electron chi connectivity index (χ0n) is 16.8. The molecule has 0 saturated carbocycles. The normalized spacial score (nSPS) is 16.0. The van der Waals surface area contributed by atoms with Crippen molar-refractivity contribution in [3.8, 4) is 17.1 Å². The molecule has 8 nitrogen and oxygen atoms in total. The van der Waals surface area contributed by atoms with Crippen molar-refractivity contribution < 1.29 is 9.53 Å². The maximum atomic E-state index is 12.5. The average molecular weight is 404 g/mol. The number of carbonyl (C=O) groups excluding carboxylic acids is 1. The summed E-state index contributed by atoms with van der Waals surface area (Å²) >= 11 is 0. The van der Waals surface area contributed by atoms with Crippen molar-refractivity contribution in [3.63, 3.8) is 0 Å². The quantitative estimate of drug-likeness (QED) is 0.579. The number of benzene rings is 1. The third-order valence-corrected chi connectivity index (χ3v) is 4.94. The number of hydrogen-bond donors (Lipinski definition) is 3. The van der Waals surface area contributed by atoms with Crippen LogP contribution in [0.5, 0.6) is 5.88 Å². The zero-order valence-corrected chi connectivity index (χ0v) is 16.8. The van der Waals surface area contributed by atoms with Gasteiger partial charge >= 0.3 is 0 Å². The van der Waals surface area contributed by atoms with Gasteiger partial charge in [0.05, 0.1) is 18.8 Å². The Morgan fingerprint density at radius 1 is 1.10 bits per heavy atom. The Balaban J connectivity index is 1.45. The minimum absolute atomic E-state index is 0.00294. The van der Waals surface area contributed by atoms with Gasteiger partial charge < -0.3 is 20.7 Å². The molecule has 1 amide bonds. The van der Waals surface area contributed by atoms with E-state index in [0.29, 0.717) is 11.7 Å². The molecule has 0 bridgehead atoms. The van der Waals surface area contributed by atoms with Gasteiger partial charge in [-0.15, -0.1) is 0 Å². The van der Waals surface area contributed by atoms with Crippen molar-refractivity contribution in [1.29, 1.82) is 0 Å². The lowest BCUT2D eigenvalue weighted by Crippen LogP contribution is -2.43. The Kier molecular flexibility index (Phi) is 6.14. The lowest BCUT2D eigenvalue weighted by Gasteiger charge is -2.22. The highest BCUT2D eigenvalue weighted by Crippen LogP contribution is 2.23. The van der Waals surface area contributed by atoms with E-state index in [1.54, 1.807) is 19.4 Å². The molecular formula is C22H24N6O2. The molecule has 1 fully saturated rings. The van der Waals surface area contributed by atoms with Gasteiger partial charge in [-0.2, -0.15) is 0 Å². The van der Waals surface area contributed by atoms with Gasteiger partial charge in [0.1, 0.15) is 12.1 Å². The Morgan fingerprint density at radius 2 is 2.00 bits per heavy atom. The molecule has 0 unspecified atom stereocenters. The lowest BCUT2D eigenvalue weighted by atomic mass is 10.0. The fourth-order valence-electron chi connectivity index (χ4n) is 3.36. The molecule has 1 aliphatic heterocycles. The van der Waals surface area contributed by atoms with Gasteiger partial charge in [-0.05, 0) is 43.7 Å². The largest absolute Gasteiger partial charge is 0.481 e. The second-order valence-electron chi connectivity index (χ2n) is 7.08. The molecule has 3 N–H and O–H groups in total. The molecule has 3 aromatic rings. The van der Waals surface area contributed by atoms with Gasteiger partial charge in [0, 0.05) is 35.3 Å². The molecule has 3 heterocycles. The summed E-state index contributed by atoms with van der Waals surface area (Å²) < 4.78 is 5.09. The van der Waals surface area contributed by atoms with E-state index < -0.39 is 0 Å². The molecule has 0 aliphatic carbocycles. The summed E-state index contributed by atoms with van der Waals surface area (Å²) in [4.78, 5) is 25.3. The van der Waals surface area contributed by atoms with Crippen molar-refractivity contribution in [2.24, 2.45) is 0 Å². The first kappa shape index (κ1) is 19.8. The minimum atomic E-state index is -0.127. The molecule has 1 aliphatic rings. The SMILES string of the molecule is COc1ccc(-c2cc(Nc3cccc(NC(=O)[C@@H]4CCCCN4)c3)ncn2)cn1. The highest BCUT2D eigenvalue weighted by atomic mass is 16.5. The van der Waals surface area contributed by atoms with Crippen molar-refractivity contribution in [2.75, 3.05) is 24.3 Å². The third kappa shape index (κ3) is 4.90. The Hall–Kier alpha value is -3.52. The standard InChI is InChI=1S/C22H24N6O2/c1-30-21-9-8-15(13-24-21)19-12-20(26-14-25-19)27-16-5-4-6-17(11-16)28-22(29)18-7-2-3-10-23-18/h4-6,8-9,11-14,18,23H,2-3,7,10H2,1H3,(H,28,29)(H,25,26,27)/t18-/m0/s1. The van der Waals surface area contributed by atoms with Crippen LogP contribution < -0.4 is 20.7 Å². The molecule has 2 aromatic heterocycles. The van der Waals surface area contributed by atoms with E-state index in [1.807, 2.05) is 36.4 Å². The first-order valence-electron chi connectivity index (χ1n) is 9.95. The van der Waals surface area contributed by atoms with E-state index in [0.717, 1.165) is 48.4 Å². The van der Waals surface area contributed by atoms with Crippen LogP contribution in [0, 0.1) is 0 Å². The predicted octanol–water partition coefficient (Wildman–Crippen LogP) is 3.37. The van der Waals surface area contributed by atoms with Crippen LogP contribution in [0.4, 0.5) is 17.2 Å². The first-order chi connectivity index (χ1) is 14.7. The summed E-state index contributed by atoms with van der Waals surface area (Å²) in [5.41, 5.74) is 3.17. The van der Waals surface area contributed by atoms with Crippen LogP contribution in [0.2, 0.25) is 0 Å². The van der Waals surface area contributed by atoms with Gasteiger partial charge in [-0.1, -0.05) is 12.5 Å². The molecule has 1 saturated heterocycles. The molecule has 1 aromatic carbocycles. The van der Waals surface area contributed by atoms with Crippen molar-refractivity contribution in [1.82, 2.24) is 20.3 Å². The summed E-state index contributed by atoms with van der Waals surface area (Å²) in [5, 5.41) is 9.52. The van der Waals surface area contributed by atoms with Gasteiger partial charge in [-0.25, -0.2) is 15.0 Å². The Morgan fingerprint density at radius 3 is 2.77 bits per heavy atom. The van der Waals surface area contributed by atoms with Crippen LogP contribution >= 0.6 is 0 Å². The number of nitrogens with zero attached hydrogens (tertiary/aromatic N) is 3. The van der Waals surface area contributed by atoms with Gasteiger partial charge in [0.25, 0.3) is 0 Å². The Labute approximate surface area is 175 Å². The van der Waals surface area contributed by atoms with Gasteiger partial charge in [0.15, 0.2) is 0 Å². The van der Waals surface area contributed by atoms with Crippen LogP contribution in [0.3, 0.4) is 0 Å². The monoisotopic (exact) mass is 404 g/mol. The molecule has 1 atom stereocenters. The smallest absolute Gasteiger partial charge is 0.241 e. The summed E-state index contributed by atoms with van der Waals surface area (Å²) in [7, 11) is 1.58. The second kappa shape index (κ2) is 9.32. The highest BCUT2D eigenvalue weighted by Gasteiger charge is 2.20. The number of anilines is 3. The molecular weight excluding hydrogens is 380 g/mol. The first-order valence-corrected chi connectivity index (χ1v) is 9.95. The van der Waals surface area contributed by atoms with E-state index in [2.05, 4.69) is 30.9 Å². The van der Waals surface area contributed by atoms with Crippen LogP contribution in [-0.2, 0) is 4.79 Å². The average Bonchev–Trinajstić information content (AvgIpc) is 2.80. The number of pyridine rings is 1. The van der Waals surface area contributed by atoms with E-state index in [9.17, 15) is 4.79 Å². The molecule has 30 heavy (non-hydrogen) atoms. The number of hydrogen-bond acceptors (Lipinski definition) is 7. The fourth-order valence-corrected chi connectivity index (χ4v) is 3.36. The van der Waals surface area contributed by atoms with E-state index >= 15 is 0 Å². The van der Waals surface area contributed by atoms with E-state index in [-0.39, 0.29) is 11.9 Å². The van der Waals surface area contributed by atoms with E-state index in [1.165, 1.54) is 6.33 Å². The maximum absolute atomic E-state index is 12.5. The third-order valence-electron chi connectivity index (χ3n) is 4.94. The van der Waals surface area contributed by atoms with E-state index in [4.69, 9.17) is 4.74 Å². The van der Waals surface area contributed by atoms with Crippen LogP contribution in [0.15, 0.2) is 55.0 Å². The number of piperidine rings is 1. The number of carbonyl (C=O) groups is 1. The predicted molar refractivity (Wildman–Crippen MR) is 116 cm³/mol. The number of methoxy groups -OCH3 is 1. The summed E-state index contributed by atoms with van der Waals surface area (Å²) in [6, 6.07) is 13.0. The van der Waals surface area contributed by atoms with Crippen molar-refractivity contribution >= 4 is 23.1 Å². The van der Waals surface area contributed by atoms with Crippen molar-refractivity contribution in [3.05, 3.63) is 55.0 Å². The van der Waals surface area contributed by atoms with Crippen LogP contribution in [0.25, 0.3) is 11.3 Å². The number of aromatic nitrogens is 3. The van der Waals surface area contributed by atoms with Crippen LogP contribution in [-0.4, -0.2) is 40.6 Å². The lowest BCUT2D eigenvalue weighted by molar-refractivity contribution is -0.118. The topological polar surface area (TPSA) is 101 Å². The molecule has 0 spiro atoms. The van der Waals surface area contributed by atoms with Crippen molar-refractivity contribution in [2.45, 2.75) is 25.3 Å². The van der Waals surface area contributed by atoms with Crippen LogP contribution in [0.1, 0.15) is 19.3 Å². The minimum Gasteiger partial charge on any atom is -0.481 e.